The maximum atomic E-state index is 13.1. The number of amides is 3. The molecule has 3 aliphatic rings. The number of carbonyl (C=O) groups is 3. The number of rotatable bonds is 5. The van der Waals surface area contributed by atoms with Crippen LogP contribution in [0.4, 0.5) is 4.39 Å². The van der Waals surface area contributed by atoms with Crippen LogP contribution in [0.15, 0.2) is 36.4 Å². The molecule has 0 radical (unpaired) electrons. The normalized spacial score (nSPS) is 31.5. The molecule has 0 aliphatic carbocycles. The number of terminal acetylenes is 1. The number of hydrogen-bond acceptors (Lipinski definition) is 4. The predicted molar refractivity (Wildman–Crippen MR) is 100 cm³/mol. The van der Waals surface area contributed by atoms with E-state index in [1.54, 1.807) is 24.3 Å². The summed E-state index contributed by atoms with van der Waals surface area (Å²) in [5.41, 5.74) is -0.528. The first-order valence-electron chi connectivity index (χ1n) is 9.28. The summed E-state index contributed by atoms with van der Waals surface area (Å²) in [5, 5.41) is 5.35. The van der Waals surface area contributed by atoms with Crippen LogP contribution in [0.25, 0.3) is 0 Å². The number of fused-ring (bicyclic) bond motifs is 1. The first kappa shape index (κ1) is 19.2. The highest BCUT2D eigenvalue weighted by Gasteiger charge is 2.72. The molecule has 0 aromatic heterocycles. The van der Waals surface area contributed by atoms with E-state index in [1.807, 2.05) is 0 Å². The van der Waals surface area contributed by atoms with Gasteiger partial charge in [0, 0.05) is 13.6 Å². The Morgan fingerprint density at radius 2 is 2.03 bits per heavy atom. The van der Waals surface area contributed by atoms with Crippen LogP contribution >= 0.6 is 0 Å². The lowest BCUT2D eigenvalue weighted by atomic mass is 9.74. The smallest absolute Gasteiger partial charge is 0.246 e. The third-order valence-corrected chi connectivity index (χ3v) is 5.81. The fourth-order valence-electron chi connectivity index (χ4n) is 4.59. The third-order valence-electron chi connectivity index (χ3n) is 5.81. The fourth-order valence-corrected chi connectivity index (χ4v) is 4.59. The summed E-state index contributed by atoms with van der Waals surface area (Å²) in [6.07, 6.45) is 8.30. The van der Waals surface area contributed by atoms with Crippen LogP contribution in [0.5, 0.6) is 0 Å². The van der Waals surface area contributed by atoms with E-state index in [-0.39, 0.29) is 30.7 Å². The molecule has 3 aliphatic heterocycles. The van der Waals surface area contributed by atoms with Crippen LogP contribution in [0.2, 0.25) is 0 Å². The molecule has 8 heteroatoms. The molecule has 5 atom stereocenters. The van der Waals surface area contributed by atoms with E-state index < -0.39 is 35.5 Å². The zero-order valence-electron chi connectivity index (χ0n) is 15.7. The van der Waals surface area contributed by atoms with Crippen LogP contribution in [0, 0.1) is 30.0 Å². The van der Waals surface area contributed by atoms with Crippen molar-refractivity contribution in [3.8, 4) is 12.3 Å². The lowest BCUT2D eigenvalue weighted by Gasteiger charge is -2.31. The number of nitrogens with one attached hydrogen (secondary N) is 2. The first-order chi connectivity index (χ1) is 13.9. The molecule has 2 bridgehead atoms. The molecule has 2 fully saturated rings. The Hall–Kier alpha value is -3.18. The molecule has 29 heavy (non-hydrogen) atoms. The van der Waals surface area contributed by atoms with Crippen molar-refractivity contribution >= 4 is 17.7 Å². The van der Waals surface area contributed by atoms with Gasteiger partial charge in [-0.3, -0.25) is 14.4 Å². The summed E-state index contributed by atoms with van der Waals surface area (Å²) in [6.45, 7) is 0.0779. The molecule has 0 saturated carbocycles. The molecular weight excluding hydrogens is 377 g/mol. The number of benzene rings is 1. The van der Waals surface area contributed by atoms with E-state index >= 15 is 0 Å². The molecule has 150 valence electrons. The van der Waals surface area contributed by atoms with E-state index in [0.29, 0.717) is 5.56 Å². The van der Waals surface area contributed by atoms with Crippen molar-refractivity contribution in [2.75, 3.05) is 13.6 Å². The topological polar surface area (TPSA) is 87.7 Å². The Balaban J connectivity index is 1.62. The largest absolute Gasteiger partial charge is 0.359 e. The molecule has 2 saturated heterocycles. The monoisotopic (exact) mass is 397 g/mol. The van der Waals surface area contributed by atoms with Gasteiger partial charge in [0.25, 0.3) is 0 Å². The van der Waals surface area contributed by atoms with Crippen molar-refractivity contribution in [3.63, 3.8) is 0 Å². The van der Waals surface area contributed by atoms with E-state index in [1.165, 1.54) is 24.1 Å². The van der Waals surface area contributed by atoms with Gasteiger partial charge in [0.1, 0.15) is 17.5 Å². The number of hydrogen-bond donors (Lipinski definition) is 2. The maximum Gasteiger partial charge on any atom is 0.246 e. The highest BCUT2D eigenvalue weighted by atomic mass is 19.1. The van der Waals surface area contributed by atoms with Gasteiger partial charge < -0.3 is 20.3 Å². The molecule has 3 heterocycles. The highest BCUT2D eigenvalue weighted by molar-refractivity contribution is 5.99. The SMILES string of the molecule is C#CCN1C(=O)[C@@H]2[C@H](C(=O)NC)[C@@H]3C=C[C@@]2(O3)[C@H]1C(=O)NCc1ccc(F)cc1. The molecule has 1 aromatic carbocycles. The van der Waals surface area contributed by atoms with Crippen molar-refractivity contribution in [2.24, 2.45) is 11.8 Å². The second-order valence-electron chi connectivity index (χ2n) is 7.33. The van der Waals surface area contributed by atoms with Gasteiger partial charge in [0.15, 0.2) is 0 Å². The fraction of sp³-hybridized carbons (Fsp3) is 0.381. The first-order valence-corrected chi connectivity index (χ1v) is 9.28. The van der Waals surface area contributed by atoms with Gasteiger partial charge in [-0.15, -0.1) is 6.42 Å². The summed E-state index contributed by atoms with van der Waals surface area (Å²) in [4.78, 5) is 40.0. The minimum Gasteiger partial charge on any atom is -0.359 e. The molecule has 1 aromatic rings. The van der Waals surface area contributed by atoms with Gasteiger partial charge in [0.2, 0.25) is 17.7 Å². The Morgan fingerprint density at radius 1 is 1.31 bits per heavy atom. The van der Waals surface area contributed by atoms with Gasteiger partial charge in [0.05, 0.1) is 24.5 Å². The van der Waals surface area contributed by atoms with Crippen LogP contribution in [-0.4, -0.2) is 54.0 Å². The second-order valence-corrected chi connectivity index (χ2v) is 7.33. The lowest BCUT2D eigenvalue weighted by Crippen LogP contribution is -2.54. The zero-order valence-corrected chi connectivity index (χ0v) is 15.7. The van der Waals surface area contributed by atoms with Crippen LogP contribution in [0.1, 0.15) is 5.56 Å². The summed E-state index contributed by atoms with van der Waals surface area (Å²) in [7, 11) is 1.50. The van der Waals surface area contributed by atoms with E-state index in [0.717, 1.165) is 0 Å². The molecule has 1 spiro atoms. The number of nitrogens with zero attached hydrogens (tertiary/aromatic N) is 1. The zero-order chi connectivity index (χ0) is 20.8. The van der Waals surface area contributed by atoms with Crippen LogP contribution < -0.4 is 10.6 Å². The minimum absolute atomic E-state index is 0.0753. The van der Waals surface area contributed by atoms with Gasteiger partial charge >= 0.3 is 0 Å². The molecule has 4 rings (SSSR count). The molecule has 0 unspecified atom stereocenters. The maximum absolute atomic E-state index is 13.1. The molecule has 7 nitrogen and oxygen atoms in total. The Labute approximate surface area is 167 Å². The Bertz CT molecular complexity index is 938. The lowest BCUT2D eigenvalue weighted by molar-refractivity contribution is -0.141. The highest BCUT2D eigenvalue weighted by Crippen LogP contribution is 2.54. The number of carbonyl (C=O) groups excluding carboxylic acids is 3. The van der Waals surface area contributed by atoms with E-state index in [2.05, 4.69) is 16.6 Å². The summed E-state index contributed by atoms with van der Waals surface area (Å²) < 4.78 is 19.1. The van der Waals surface area contributed by atoms with Crippen LogP contribution in [-0.2, 0) is 25.7 Å². The van der Waals surface area contributed by atoms with Crippen molar-refractivity contribution in [1.29, 1.82) is 0 Å². The van der Waals surface area contributed by atoms with E-state index in [4.69, 9.17) is 11.2 Å². The average Bonchev–Trinajstić information content (AvgIpc) is 3.35. The molecular formula is C21H20FN3O4. The Morgan fingerprint density at radius 3 is 2.69 bits per heavy atom. The third kappa shape index (κ3) is 2.81. The second kappa shape index (κ2) is 7.01. The van der Waals surface area contributed by atoms with Gasteiger partial charge in [-0.2, -0.15) is 0 Å². The van der Waals surface area contributed by atoms with Crippen LogP contribution in [0.3, 0.4) is 0 Å². The number of halogens is 1. The summed E-state index contributed by atoms with van der Waals surface area (Å²) >= 11 is 0. The van der Waals surface area contributed by atoms with E-state index in [9.17, 15) is 18.8 Å². The van der Waals surface area contributed by atoms with Gasteiger partial charge in [-0.05, 0) is 17.7 Å². The molecule has 3 amide bonds. The summed E-state index contributed by atoms with van der Waals surface area (Å²) in [6, 6.07) is 4.74. The Kier molecular flexibility index (Phi) is 4.63. The summed E-state index contributed by atoms with van der Waals surface area (Å²) in [5.74, 6) is -0.611. The van der Waals surface area contributed by atoms with Crippen molar-refractivity contribution in [2.45, 2.75) is 24.3 Å². The average molecular weight is 397 g/mol. The van der Waals surface area contributed by atoms with Crippen molar-refractivity contribution in [3.05, 3.63) is 47.8 Å². The predicted octanol–water partition coefficient (Wildman–Crippen LogP) is -0.0283. The number of likely N-dealkylation sites (tertiary alicyclic amines) is 1. The van der Waals surface area contributed by atoms with Gasteiger partial charge in [-0.1, -0.05) is 30.2 Å². The van der Waals surface area contributed by atoms with Crippen molar-refractivity contribution < 1.29 is 23.5 Å². The van der Waals surface area contributed by atoms with Gasteiger partial charge in [-0.25, -0.2) is 4.39 Å². The standard InChI is InChI=1S/C21H20FN3O4/c1-3-10-25-17(19(27)24-11-12-4-6-13(22)7-5-12)21-9-8-14(29-21)15(18(26)23-2)16(21)20(25)28/h1,4-9,14-17H,10-11H2,2H3,(H,23,26)(H,24,27)/t14-,15+,16-,17+,21-/m0/s1. The quantitative estimate of drug-likeness (QED) is 0.540. The minimum atomic E-state index is -1.23. The van der Waals surface area contributed by atoms with Crippen molar-refractivity contribution in [1.82, 2.24) is 15.5 Å². The molecule has 2 N–H and O–H groups in total. The number of ether oxygens (including phenoxy) is 1.